The molecule has 5 unspecified atom stereocenters. The number of methoxy groups -OCH3 is 1. The predicted octanol–water partition coefficient (Wildman–Crippen LogP) is 2.02. The zero-order valence-electron chi connectivity index (χ0n) is 15.1. The average molecular weight is 356 g/mol. The normalized spacial score (nSPS) is 34.6. The van der Waals surface area contributed by atoms with Gasteiger partial charge in [0.1, 0.15) is 11.2 Å². The van der Waals surface area contributed by atoms with Gasteiger partial charge in [-0.3, -0.25) is 9.59 Å². The minimum absolute atomic E-state index is 0.136. The number of fused-ring (bicyclic) bond motifs is 1. The van der Waals surface area contributed by atoms with E-state index in [-0.39, 0.29) is 24.2 Å². The van der Waals surface area contributed by atoms with Crippen molar-refractivity contribution in [2.75, 3.05) is 13.7 Å². The SMILES string of the molecule is CCC12C(CC(Cc3ccc(OC)cc3)C1(C#N)C(=O)CN)C2C(=O)O. The maximum atomic E-state index is 12.9. The summed E-state index contributed by atoms with van der Waals surface area (Å²) in [6.45, 7) is 1.63. The number of carboxylic acid groups (broad SMARTS) is 1. The number of aliphatic carboxylic acids is 1. The molecule has 0 aliphatic heterocycles. The molecule has 1 aromatic rings. The van der Waals surface area contributed by atoms with Crippen LogP contribution in [0.3, 0.4) is 0 Å². The van der Waals surface area contributed by atoms with Crippen LogP contribution in [0.25, 0.3) is 0 Å². The summed E-state index contributed by atoms with van der Waals surface area (Å²) in [7, 11) is 1.59. The lowest BCUT2D eigenvalue weighted by Gasteiger charge is -2.37. The van der Waals surface area contributed by atoms with Gasteiger partial charge in [-0.05, 0) is 48.8 Å². The summed E-state index contributed by atoms with van der Waals surface area (Å²) in [6.07, 6.45) is 1.61. The van der Waals surface area contributed by atoms with E-state index >= 15 is 0 Å². The van der Waals surface area contributed by atoms with Gasteiger partial charge in [-0.1, -0.05) is 19.1 Å². The second-order valence-electron chi connectivity index (χ2n) is 7.35. The summed E-state index contributed by atoms with van der Waals surface area (Å²) in [5, 5.41) is 19.7. The van der Waals surface area contributed by atoms with Crippen molar-refractivity contribution in [2.24, 2.45) is 34.3 Å². The van der Waals surface area contributed by atoms with E-state index in [9.17, 15) is 20.0 Å². The summed E-state index contributed by atoms with van der Waals surface area (Å²) in [5.74, 6) is -1.49. The number of hydrogen-bond donors (Lipinski definition) is 2. The molecular weight excluding hydrogens is 332 g/mol. The van der Waals surface area contributed by atoms with Gasteiger partial charge >= 0.3 is 5.97 Å². The van der Waals surface area contributed by atoms with Crippen molar-refractivity contribution >= 4 is 11.8 Å². The molecule has 138 valence electrons. The molecule has 0 bridgehead atoms. The summed E-state index contributed by atoms with van der Waals surface area (Å²) < 4.78 is 5.17. The van der Waals surface area contributed by atoms with Gasteiger partial charge in [-0.15, -0.1) is 0 Å². The first kappa shape index (κ1) is 18.4. The number of benzene rings is 1. The Hall–Kier alpha value is -2.39. The Morgan fingerprint density at radius 3 is 2.50 bits per heavy atom. The smallest absolute Gasteiger partial charge is 0.307 e. The van der Waals surface area contributed by atoms with Crippen LogP contribution in [0.15, 0.2) is 24.3 Å². The van der Waals surface area contributed by atoms with E-state index in [0.29, 0.717) is 19.3 Å². The van der Waals surface area contributed by atoms with Gasteiger partial charge in [-0.25, -0.2) is 0 Å². The monoisotopic (exact) mass is 356 g/mol. The van der Waals surface area contributed by atoms with Crippen LogP contribution in [-0.2, 0) is 16.0 Å². The molecule has 26 heavy (non-hydrogen) atoms. The van der Waals surface area contributed by atoms with Crippen LogP contribution in [0, 0.1) is 39.9 Å². The number of carboxylic acids is 1. The highest BCUT2D eigenvalue weighted by Gasteiger charge is 2.83. The highest BCUT2D eigenvalue weighted by molar-refractivity contribution is 5.94. The fourth-order valence-electron chi connectivity index (χ4n) is 5.61. The van der Waals surface area contributed by atoms with Crippen LogP contribution in [0.1, 0.15) is 25.3 Å². The van der Waals surface area contributed by atoms with Crippen LogP contribution >= 0.6 is 0 Å². The summed E-state index contributed by atoms with van der Waals surface area (Å²) in [4.78, 5) is 24.6. The molecule has 0 spiro atoms. The molecule has 1 aromatic carbocycles. The van der Waals surface area contributed by atoms with Gasteiger partial charge in [-0.2, -0.15) is 5.26 Å². The first-order valence-electron chi connectivity index (χ1n) is 8.93. The molecule has 2 aliphatic rings. The molecule has 0 saturated heterocycles. The van der Waals surface area contributed by atoms with Gasteiger partial charge in [0.05, 0.1) is 25.6 Å². The van der Waals surface area contributed by atoms with Crippen molar-refractivity contribution in [1.29, 1.82) is 5.26 Å². The van der Waals surface area contributed by atoms with Gasteiger partial charge in [0.25, 0.3) is 0 Å². The Balaban J connectivity index is 1.99. The minimum Gasteiger partial charge on any atom is -0.497 e. The van der Waals surface area contributed by atoms with Crippen molar-refractivity contribution in [3.63, 3.8) is 0 Å². The van der Waals surface area contributed by atoms with Gasteiger partial charge in [0, 0.05) is 5.41 Å². The standard InChI is InChI=1S/C20H24N2O4/c1-3-19-15(17(19)18(24)25)9-13(20(19,11-22)16(23)10-21)8-12-4-6-14(26-2)7-5-12/h4-7,13,15,17H,3,8-10,21H2,1-2H3,(H,24,25). The number of rotatable bonds is 7. The summed E-state index contributed by atoms with van der Waals surface area (Å²) >= 11 is 0. The zero-order valence-corrected chi connectivity index (χ0v) is 15.1. The lowest BCUT2D eigenvalue weighted by atomic mass is 9.62. The van der Waals surface area contributed by atoms with Crippen molar-refractivity contribution < 1.29 is 19.4 Å². The fraction of sp³-hybridized carbons (Fsp3) is 0.550. The Labute approximate surface area is 152 Å². The van der Waals surface area contributed by atoms with Crippen LogP contribution in [-0.4, -0.2) is 30.5 Å². The lowest BCUT2D eigenvalue weighted by Crippen LogP contribution is -2.48. The predicted molar refractivity (Wildman–Crippen MR) is 94.3 cm³/mol. The highest BCUT2D eigenvalue weighted by atomic mass is 16.5. The molecule has 3 N–H and O–H groups in total. The molecule has 0 radical (unpaired) electrons. The van der Waals surface area contributed by atoms with Crippen molar-refractivity contribution in [2.45, 2.75) is 26.2 Å². The number of ketones is 1. The van der Waals surface area contributed by atoms with E-state index in [1.54, 1.807) is 7.11 Å². The van der Waals surface area contributed by atoms with Crippen LogP contribution in [0.4, 0.5) is 0 Å². The summed E-state index contributed by atoms with van der Waals surface area (Å²) in [6, 6.07) is 9.81. The average Bonchev–Trinajstić information content (AvgIpc) is 3.23. The number of nitriles is 1. The number of ether oxygens (including phenoxy) is 1. The van der Waals surface area contributed by atoms with E-state index in [1.807, 2.05) is 31.2 Å². The van der Waals surface area contributed by atoms with Crippen LogP contribution in [0.5, 0.6) is 5.75 Å². The number of nitrogens with two attached hydrogens (primary N) is 1. The van der Waals surface area contributed by atoms with Crippen molar-refractivity contribution in [3.05, 3.63) is 29.8 Å². The quantitative estimate of drug-likeness (QED) is 0.773. The summed E-state index contributed by atoms with van der Waals surface area (Å²) in [5.41, 5.74) is 4.54. The first-order valence-corrected chi connectivity index (χ1v) is 8.93. The third-order valence-electron chi connectivity index (χ3n) is 6.69. The van der Waals surface area contributed by atoms with E-state index in [0.717, 1.165) is 11.3 Å². The van der Waals surface area contributed by atoms with E-state index < -0.39 is 22.7 Å². The molecule has 0 amide bonds. The fourth-order valence-corrected chi connectivity index (χ4v) is 5.61. The van der Waals surface area contributed by atoms with E-state index in [1.165, 1.54) is 0 Å². The van der Waals surface area contributed by atoms with Gasteiger partial charge in [0.15, 0.2) is 5.78 Å². The van der Waals surface area contributed by atoms with E-state index in [4.69, 9.17) is 10.5 Å². The number of carbonyl (C=O) groups excluding carboxylic acids is 1. The molecule has 6 heteroatoms. The number of hydrogen-bond acceptors (Lipinski definition) is 5. The number of nitrogens with zero attached hydrogens (tertiary/aromatic N) is 1. The molecule has 0 heterocycles. The molecule has 3 rings (SSSR count). The molecule has 0 aromatic heterocycles. The second kappa shape index (κ2) is 6.40. The molecule has 2 saturated carbocycles. The maximum absolute atomic E-state index is 12.9. The zero-order chi connectivity index (χ0) is 19.1. The number of carbonyl (C=O) groups is 2. The molecule has 2 fully saturated rings. The Morgan fingerprint density at radius 1 is 1.38 bits per heavy atom. The molecule has 5 atom stereocenters. The van der Waals surface area contributed by atoms with Crippen molar-refractivity contribution in [3.8, 4) is 11.8 Å². The molecule has 6 nitrogen and oxygen atoms in total. The number of Topliss-reactive ketones (excluding diaryl/α,β-unsaturated/α-hetero) is 1. The Morgan fingerprint density at radius 2 is 2.04 bits per heavy atom. The third kappa shape index (κ3) is 2.20. The van der Waals surface area contributed by atoms with Gasteiger partial charge in [0.2, 0.25) is 0 Å². The van der Waals surface area contributed by atoms with Gasteiger partial charge < -0.3 is 15.6 Å². The van der Waals surface area contributed by atoms with Crippen LogP contribution < -0.4 is 10.5 Å². The third-order valence-corrected chi connectivity index (χ3v) is 6.69. The van der Waals surface area contributed by atoms with E-state index in [2.05, 4.69) is 6.07 Å². The van der Waals surface area contributed by atoms with Crippen molar-refractivity contribution in [1.82, 2.24) is 0 Å². The minimum atomic E-state index is -1.33. The Kier molecular flexibility index (Phi) is 4.53. The first-order chi connectivity index (χ1) is 12.4. The lowest BCUT2D eigenvalue weighted by molar-refractivity contribution is -0.142. The maximum Gasteiger partial charge on any atom is 0.307 e. The molecular formula is C20H24N2O4. The second-order valence-corrected chi connectivity index (χ2v) is 7.35. The Bertz CT molecular complexity index is 769. The molecule has 2 aliphatic carbocycles. The van der Waals surface area contributed by atoms with Crippen LogP contribution in [0.2, 0.25) is 0 Å². The highest BCUT2D eigenvalue weighted by Crippen LogP contribution is 2.79. The topological polar surface area (TPSA) is 113 Å². The largest absolute Gasteiger partial charge is 0.497 e.